The average molecular weight is 371 g/mol. The molecule has 0 unspecified atom stereocenters. The molecular weight excluding hydrogens is 350 g/mol. The highest BCUT2D eigenvalue weighted by molar-refractivity contribution is 5.95. The van der Waals surface area contributed by atoms with Gasteiger partial charge in [-0.1, -0.05) is 60.7 Å². The highest BCUT2D eigenvalue weighted by atomic mass is 16.4. The van der Waals surface area contributed by atoms with E-state index in [9.17, 15) is 9.90 Å². The quantitative estimate of drug-likeness (QED) is 0.407. The Morgan fingerprint density at radius 3 is 2.11 bits per heavy atom. The minimum atomic E-state index is -0.876. The third kappa shape index (κ3) is 4.13. The van der Waals surface area contributed by atoms with Crippen molar-refractivity contribution < 1.29 is 15.0 Å². The Bertz CT molecular complexity index is 1090. The van der Waals surface area contributed by atoms with Crippen LogP contribution in [-0.2, 0) is 0 Å². The number of rotatable bonds is 2. The first-order chi connectivity index (χ1) is 13.5. The van der Waals surface area contributed by atoms with Gasteiger partial charge >= 0.3 is 5.97 Å². The lowest BCUT2D eigenvalue weighted by atomic mass is 10.0. The van der Waals surface area contributed by atoms with Crippen molar-refractivity contribution in [1.29, 1.82) is 0 Å². The molecular formula is C24H21NO3. The van der Waals surface area contributed by atoms with E-state index in [0.29, 0.717) is 11.3 Å². The lowest BCUT2D eigenvalue weighted by molar-refractivity contribution is 0.0697. The van der Waals surface area contributed by atoms with Crippen LogP contribution >= 0.6 is 0 Å². The summed E-state index contributed by atoms with van der Waals surface area (Å²) in [6, 6.07) is 25.8. The van der Waals surface area contributed by atoms with Crippen LogP contribution in [0.4, 0.5) is 5.69 Å². The number of nitrogens with two attached hydrogens (primary N) is 1. The van der Waals surface area contributed by atoms with Crippen LogP contribution in [0.15, 0.2) is 84.9 Å². The Kier molecular flexibility index (Phi) is 5.61. The number of aryl methyl sites for hydroxylation is 1. The maximum absolute atomic E-state index is 10.8. The van der Waals surface area contributed by atoms with E-state index in [1.165, 1.54) is 0 Å². The molecule has 4 aromatic carbocycles. The van der Waals surface area contributed by atoms with Crippen molar-refractivity contribution in [3.05, 3.63) is 96.1 Å². The van der Waals surface area contributed by atoms with Crippen molar-refractivity contribution in [2.24, 2.45) is 0 Å². The van der Waals surface area contributed by atoms with Crippen LogP contribution in [0.2, 0.25) is 0 Å². The van der Waals surface area contributed by atoms with Gasteiger partial charge < -0.3 is 15.9 Å². The van der Waals surface area contributed by atoms with E-state index in [4.69, 9.17) is 10.8 Å². The van der Waals surface area contributed by atoms with Gasteiger partial charge in [0.25, 0.3) is 0 Å². The number of aromatic carboxylic acids is 1. The van der Waals surface area contributed by atoms with Crippen LogP contribution in [0.1, 0.15) is 15.9 Å². The third-order valence-electron chi connectivity index (χ3n) is 4.47. The molecule has 0 spiro atoms. The van der Waals surface area contributed by atoms with Gasteiger partial charge in [0.1, 0.15) is 5.75 Å². The molecule has 4 aromatic rings. The lowest BCUT2D eigenvalue weighted by Crippen LogP contribution is -1.96. The van der Waals surface area contributed by atoms with Crippen LogP contribution in [0, 0.1) is 6.92 Å². The first-order valence-corrected chi connectivity index (χ1v) is 8.83. The van der Waals surface area contributed by atoms with Gasteiger partial charge in [0.05, 0.1) is 5.56 Å². The number of carboxylic acid groups (broad SMARTS) is 1. The topological polar surface area (TPSA) is 83.5 Å². The number of aromatic hydroxyl groups is 1. The number of phenolic OH excluding ortho intramolecular Hbond substituents is 1. The van der Waals surface area contributed by atoms with Crippen LogP contribution in [0.25, 0.3) is 21.9 Å². The Hall–Kier alpha value is -3.79. The minimum absolute atomic E-state index is 0.255. The van der Waals surface area contributed by atoms with Gasteiger partial charge in [-0.3, -0.25) is 0 Å². The van der Waals surface area contributed by atoms with E-state index in [2.05, 4.69) is 0 Å². The Morgan fingerprint density at radius 2 is 1.43 bits per heavy atom. The normalized spacial score (nSPS) is 10.2. The predicted molar refractivity (Wildman–Crippen MR) is 114 cm³/mol. The zero-order chi connectivity index (χ0) is 20.1. The molecule has 28 heavy (non-hydrogen) atoms. The van der Waals surface area contributed by atoms with Crippen molar-refractivity contribution in [3.8, 4) is 16.9 Å². The molecule has 0 saturated heterocycles. The second-order valence-corrected chi connectivity index (χ2v) is 6.42. The van der Waals surface area contributed by atoms with E-state index < -0.39 is 5.97 Å². The fraction of sp³-hybridized carbons (Fsp3) is 0.0417. The monoisotopic (exact) mass is 371 g/mol. The number of hydrogen-bond donors (Lipinski definition) is 3. The summed E-state index contributed by atoms with van der Waals surface area (Å²) in [7, 11) is 0. The molecule has 0 heterocycles. The van der Waals surface area contributed by atoms with Gasteiger partial charge in [0.15, 0.2) is 0 Å². The summed E-state index contributed by atoms with van der Waals surface area (Å²) in [6.07, 6.45) is 0. The predicted octanol–water partition coefficient (Wildman–Crippen LogP) is 5.49. The van der Waals surface area contributed by atoms with Crippen molar-refractivity contribution in [2.75, 3.05) is 5.73 Å². The van der Waals surface area contributed by atoms with Gasteiger partial charge in [0.2, 0.25) is 0 Å². The number of carboxylic acids is 1. The second-order valence-electron chi connectivity index (χ2n) is 6.42. The largest absolute Gasteiger partial charge is 0.507 e. The summed E-state index contributed by atoms with van der Waals surface area (Å²) in [5, 5.41) is 20.6. The SMILES string of the molecule is Cc1cc(C(=O)O)cc2ccccc12.Nc1ccccc1-c1ccccc1O. The number of para-hydroxylation sites is 2. The molecule has 0 saturated carbocycles. The molecule has 0 atom stereocenters. The molecule has 0 aliphatic heterocycles. The zero-order valence-corrected chi connectivity index (χ0v) is 15.5. The first-order valence-electron chi connectivity index (χ1n) is 8.83. The van der Waals surface area contributed by atoms with E-state index in [0.717, 1.165) is 27.5 Å². The molecule has 140 valence electrons. The summed E-state index contributed by atoms with van der Waals surface area (Å²) in [5.41, 5.74) is 9.47. The maximum Gasteiger partial charge on any atom is 0.335 e. The Labute approximate surface area is 163 Å². The molecule has 4 N–H and O–H groups in total. The van der Waals surface area contributed by atoms with Crippen LogP contribution < -0.4 is 5.73 Å². The fourth-order valence-corrected chi connectivity index (χ4v) is 3.07. The zero-order valence-electron chi connectivity index (χ0n) is 15.5. The minimum Gasteiger partial charge on any atom is -0.507 e. The molecule has 0 aliphatic rings. The Morgan fingerprint density at radius 1 is 0.821 bits per heavy atom. The van der Waals surface area contributed by atoms with Crippen molar-refractivity contribution in [3.63, 3.8) is 0 Å². The summed E-state index contributed by atoms with van der Waals surface area (Å²) < 4.78 is 0. The highest BCUT2D eigenvalue weighted by Gasteiger charge is 2.06. The summed E-state index contributed by atoms with van der Waals surface area (Å²) in [6.45, 7) is 1.93. The molecule has 0 aliphatic carbocycles. The number of fused-ring (bicyclic) bond motifs is 1. The summed E-state index contributed by atoms with van der Waals surface area (Å²) >= 11 is 0. The first kappa shape index (κ1) is 19.0. The number of anilines is 1. The number of nitrogen functional groups attached to an aromatic ring is 1. The lowest BCUT2D eigenvalue weighted by Gasteiger charge is -2.06. The molecule has 4 rings (SSSR count). The number of benzene rings is 4. The molecule has 0 fully saturated rings. The molecule has 0 radical (unpaired) electrons. The number of phenols is 1. The van der Waals surface area contributed by atoms with Crippen molar-refractivity contribution in [2.45, 2.75) is 6.92 Å². The third-order valence-corrected chi connectivity index (χ3v) is 4.47. The van der Waals surface area contributed by atoms with Gasteiger partial charge in [-0.2, -0.15) is 0 Å². The van der Waals surface area contributed by atoms with Crippen LogP contribution in [0.3, 0.4) is 0 Å². The second kappa shape index (κ2) is 8.27. The van der Waals surface area contributed by atoms with Gasteiger partial charge in [-0.05, 0) is 47.5 Å². The number of hydrogen-bond acceptors (Lipinski definition) is 3. The van der Waals surface area contributed by atoms with Crippen molar-refractivity contribution in [1.82, 2.24) is 0 Å². The average Bonchev–Trinajstić information content (AvgIpc) is 2.69. The van der Waals surface area contributed by atoms with Crippen molar-refractivity contribution >= 4 is 22.4 Å². The summed E-state index contributed by atoms with van der Waals surface area (Å²) in [5.74, 6) is -0.621. The summed E-state index contributed by atoms with van der Waals surface area (Å²) in [4.78, 5) is 10.8. The van der Waals surface area contributed by atoms with E-state index >= 15 is 0 Å². The molecule has 4 nitrogen and oxygen atoms in total. The standard InChI is InChI=1S/C12H11NO.C12H10O2/c13-11-7-3-1-5-9(11)10-6-2-4-8-12(10)14;1-8-6-10(12(13)14)7-9-4-2-3-5-11(8)9/h1-8,14H,13H2;2-7H,1H3,(H,13,14). The molecule has 4 heteroatoms. The fourth-order valence-electron chi connectivity index (χ4n) is 3.07. The molecule has 0 bridgehead atoms. The van der Waals surface area contributed by atoms with E-state index in [-0.39, 0.29) is 5.75 Å². The Balaban J connectivity index is 0.000000161. The smallest absolute Gasteiger partial charge is 0.335 e. The number of carbonyl (C=O) groups is 1. The molecule has 0 aromatic heterocycles. The van der Waals surface area contributed by atoms with Crippen LogP contribution in [0.5, 0.6) is 5.75 Å². The molecule has 0 amide bonds. The van der Waals surface area contributed by atoms with Crippen LogP contribution in [-0.4, -0.2) is 16.2 Å². The van der Waals surface area contributed by atoms with E-state index in [1.54, 1.807) is 24.3 Å². The van der Waals surface area contributed by atoms with Gasteiger partial charge in [0, 0.05) is 16.8 Å². The van der Waals surface area contributed by atoms with E-state index in [1.807, 2.05) is 67.6 Å². The highest BCUT2D eigenvalue weighted by Crippen LogP contribution is 2.32. The van der Waals surface area contributed by atoms with Gasteiger partial charge in [-0.25, -0.2) is 4.79 Å². The van der Waals surface area contributed by atoms with Gasteiger partial charge in [-0.15, -0.1) is 0 Å². The maximum atomic E-state index is 10.8.